The summed E-state index contributed by atoms with van der Waals surface area (Å²) >= 11 is 7.78. The van der Waals surface area contributed by atoms with E-state index in [0.717, 1.165) is 16.9 Å². The molecule has 2 rings (SSSR count). The average Bonchev–Trinajstić information content (AvgIpc) is 2.71. The van der Waals surface area contributed by atoms with Gasteiger partial charge in [0.15, 0.2) is 0 Å². The third kappa shape index (κ3) is 3.31. The maximum Gasteiger partial charge on any atom is 0.271 e. The van der Waals surface area contributed by atoms with Crippen LogP contribution in [0.2, 0.25) is 0 Å². The largest absolute Gasteiger partial charge is 0.398 e. The number of hydrogen-bond donors (Lipinski definition) is 2. The van der Waals surface area contributed by atoms with Gasteiger partial charge < -0.3 is 5.73 Å². The molecule has 8 heteroatoms. The summed E-state index contributed by atoms with van der Waals surface area (Å²) in [5, 5.41) is 1.59. The second-order valence-corrected chi connectivity index (χ2v) is 8.44. The number of anilines is 2. The first-order valence-electron chi connectivity index (χ1n) is 5.12. The summed E-state index contributed by atoms with van der Waals surface area (Å²) < 4.78 is 28.5. The smallest absolute Gasteiger partial charge is 0.271 e. The fourth-order valence-electron chi connectivity index (χ4n) is 1.45. The van der Waals surface area contributed by atoms with E-state index in [0.29, 0.717) is 20.3 Å². The van der Waals surface area contributed by atoms with Gasteiger partial charge in [-0.3, -0.25) is 4.72 Å². The van der Waals surface area contributed by atoms with Gasteiger partial charge in [0.2, 0.25) is 0 Å². The molecule has 1 heterocycles. The molecule has 102 valence electrons. The number of benzene rings is 1. The first-order valence-corrected chi connectivity index (χ1v) is 9.07. The Morgan fingerprint density at radius 1 is 1.21 bits per heavy atom. The third-order valence-electron chi connectivity index (χ3n) is 2.28. The third-order valence-corrected chi connectivity index (χ3v) is 6.34. The standard InChI is InChI=1S/C11H10Br2N2O2S2/c1-6-2-8(12)11(9(13)3-6)15-19(16,17)10-4-7(14)5-18-10/h2-5,15H,14H2,1H3. The summed E-state index contributed by atoms with van der Waals surface area (Å²) in [6.07, 6.45) is 0. The van der Waals surface area contributed by atoms with Crippen LogP contribution in [-0.2, 0) is 10.0 Å². The molecule has 4 nitrogen and oxygen atoms in total. The average molecular weight is 426 g/mol. The predicted octanol–water partition coefficient (Wildman–Crippen LogP) is 3.96. The zero-order valence-electron chi connectivity index (χ0n) is 9.78. The van der Waals surface area contributed by atoms with Crippen molar-refractivity contribution in [3.8, 4) is 0 Å². The van der Waals surface area contributed by atoms with Crippen LogP contribution in [0.15, 0.2) is 36.7 Å². The van der Waals surface area contributed by atoms with Crippen LogP contribution in [0, 0.1) is 6.92 Å². The van der Waals surface area contributed by atoms with E-state index in [1.807, 2.05) is 19.1 Å². The molecule has 0 unspecified atom stereocenters. The summed E-state index contributed by atoms with van der Waals surface area (Å²) in [5.74, 6) is 0. The Balaban J connectivity index is 2.41. The molecule has 3 N–H and O–H groups in total. The molecule has 1 aromatic carbocycles. The van der Waals surface area contributed by atoms with Crippen LogP contribution in [0.1, 0.15) is 5.56 Å². The van der Waals surface area contributed by atoms with E-state index in [9.17, 15) is 8.42 Å². The summed E-state index contributed by atoms with van der Waals surface area (Å²) in [4.78, 5) is 0. The van der Waals surface area contributed by atoms with Crippen LogP contribution in [0.4, 0.5) is 11.4 Å². The quantitative estimate of drug-likeness (QED) is 0.781. The summed E-state index contributed by atoms with van der Waals surface area (Å²) in [7, 11) is -3.62. The Kier molecular flexibility index (Phi) is 4.24. The van der Waals surface area contributed by atoms with Crippen molar-refractivity contribution in [2.24, 2.45) is 0 Å². The fourth-order valence-corrected chi connectivity index (χ4v) is 5.51. The van der Waals surface area contributed by atoms with Gasteiger partial charge in [0.25, 0.3) is 10.0 Å². The van der Waals surface area contributed by atoms with Gasteiger partial charge in [-0.15, -0.1) is 11.3 Å². The van der Waals surface area contributed by atoms with E-state index >= 15 is 0 Å². The number of halogens is 2. The first-order chi connectivity index (χ1) is 8.79. The molecule has 0 atom stereocenters. The van der Waals surface area contributed by atoms with Crippen LogP contribution in [0.3, 0.4) is 0 Å². The topological polar surface area (TPSA) is 72.2 Å². The van der Waals surface area contributed by atoms with E-state index in [2.05, 4.69) is 36.6 Å². The molecule has 0 saturated carbocycles. The van der Waals surface area contributed by atoms with Crippen LogP contribution in [0.25, 0.3) is 0 Å². The van der Waals surface area contributed by atoms with Crippen molar-refractivity contribution in [2.45, 2.75) is 11.1 Å². The molecule has 0 radical (unpaired) electrons. The van der Waals surface area contributed by atoms with E-state index in [1.165, 1.54) is 6.07 Å². The Morgan fingerprint density at radius 2 is 1.79 bits per heavy atom. The molecule has 19 heavy (non-hydrogen) atoms. The molecule has 0 bridgehead atoms. The maximum absolute atomic E-state index is 12.2. The maximum atomic E-state index is 12.2. The van der Waals surface area contributed by atoms with Gasteiger partial charge in [-0.25, -0.2) is 8.42 Å². The molecule has 0 aliphatic heterocycles. The van der Waals surface area contributed by atoms with Gasteiger partial charge in [0.1, 0.15) is 4.21 Å². The minimum Gasteiger partial charge on any atom is -0.398 e. The number of nitrogen functional groups attached to an aromatic ring is 1. The second-order valence-electron chi connectivity index (χ2n) is 3.91. The minimum atomic E-state index is -3.62. The molecule has 0 amide bonds. The molecule has 0 spiro atoms. The Morgan fingerprint density at radius 3 is 2.26 bits per heavy atom. The van der Waals surface area contributed by atoms with Crippen molar-refractivity contribution >= 4 is 64.6 Å². The molecular formula is C11H10Br2N2O2S2. The lowest BCUT2D eigenvalue weighted by Gasteiger charge is -2.11. The highest BCUT2D eigenvalue weighted by Crippen LogP contribution is 2.34. The number of hydrogen-bond acceptors (Lipinski definition) is 4. The second kappa shape index (κ2) is 5.43. The van der Waals surface area contributed by atoms with Gasteiger partial charge in [-0.05, 0) is 62.5 Å². The highest BCUT2D eigenvalue weighted by molar-refractivity contribution is 9.11. The fraction of sp³-hybridized carbons (Fsp3) is 0.0909. The Labute approximate surface area is 132 Å². The normalized spacial score (nSPS) is 11.5. The molecule has 0 aliphatic carbocycles. The minimum absolute atomic E-state index is 0.185. The van der Waals surface area contributed by atoms with Crippen molar-refractivity contribution < 1.29 is 8.42 Å². The van der Waals surface area contributed by atoms with E-state index < -0.39 is 10.0 Å². The first kappa shape index (κ1) is 14.8. The number of nitrogens with two attached hydrogens (primary N) is 1. The number of aryl methyl sites for hydroxylation is 1. The zero-order valence-corrected chi connectivity index (χ0v) is 14.6. The predicted molar refractivity (Wildman–Crippen MR) is 86.1 cm³/mol. The van der Waals surface area contributed by atoms with E-state index in [4.69, 9.17) is 5.73 Å². The van der Waals surface area contributed by atoms with Gasteiger partial charge in [0, 0.05) is 20.0 Å². The van der Waals surface area contributed by atoms with Gasteiger partial charge >= 0.3 is 0 Å². The SMILES string of the molecule is Cc1cc(Br)c(NS(=O)(=O)c2cc(N)cs2)c(Br)c1. The Hall–Kier alpha value is -0.570. The number of sulfonamides is 1. The summed E-state index contributed by atoms with van der Waals surface area (Å²) in [6.45, 7) is 1.92. The molecular weight excluding hydrogens is 416 g/mol. The molecule has 0 saturated heterocycles. The Bertz CT molecular complexity index is 703. The number of nitrogens with one attached hydrogen (secondary N) is 1. The lowest BCUT2D eigenvalue weighted by molar-refractivity contribution is 0.603. The highest BCUT2D eigenvalue weighted by atomic mass is 79.9. The number of thiophene rings is 1. The van der Waals surface area contributed by atoms with Crippen LogP contribution in [0.5, 0.6) is 0 Å². The van der Waals surface area contributed by atoms with Gasteiger partial charge in [-0.1, -0.05) is 0 Å². The molecule has 2 aromatic rings. The van der Waals surface area contributed by atoms with Crippen molar-refractivity contribution in [3.05, 3.63) is 38.1 Å². The van der Waals surface area contributed by atoms with Crippen LogP contribution >= 0.6 is 43.2 Å². The lowest BCUT2D eigenvalue weighted by Crippen LogP contribution is -2.12. The van der Waals surface area contributed by atoms with Gasteiger partial charge in [-0.2, -0.15) is 0 Å². The van der Waals surface area contributed by atoms with Gasteiger partial charge in [0.05, 0.1) is 5.69 Å². The monoisotopic (exact) mass is 424 g/mol. The van der Waals surface area contributed by atoms with E-state index in [-0.39, 0.29) is 4.21 Å². The van der Waals surface area contributed by atoms with Crippen molar-refractivity contribution in [2.75, 3.05) is 10.5 Å². The van der Waals surface area contributed by atoms with E-state index in [1.54, 1.807) is 5.38 Å². The number of rotatable bonds is 3. The lowest BCUT2D eigenvalue weighted by atomic mass is 10.2. The zero-order chi connectivity index (χ0) is 14.2. The van der Waals surface area contributed by atoms with Crippen molar-refractivity contribution in [3.63, 3.8) is 0 Å². The summed E-state index contributed by atoms with van der Waals surface area (Å²) in [5.41, 5.74) is 7.47. The van der Waals surface area contributed by atoms with Crippen LogP contribution < -0.4 is 10.5 Å². The molecule has 0 aliphatic rings. The van der Waals surface area contributed by atoms with Crippen molar-refractivity contribution in [1.82, 2.24) is 0 Å². The van der Waals surface area contributed by atoms with Crippen molar-refractivity contribution in [1.29, 1.82) is 0 Å². The molecule has 0 fully saturated rings. The summed E-state index contributed by atoms with van der Waals surface area (Å²) in [6, 6.07) is 5.11. The van der Waals surface area contributed by atoms with Crippen LogP contribution in [-0.4, -0.2) is 8.42 Å². The highest BCUT2D eigenvalue weighted by Gasteiger charge is 2.19. The molecule has 1 aromatic heterocycles.